The van der Waals surface area contributed by atoms with E-state index in [1.165, 1.54) is 35.8 Å². The Balaban J connectivity index is 0.00000274. The predicted octanol–water partition coefficient (Wildman–Crippen LogP) is -3.41. The molecule has 0 saturated heterocycles. The number of benzene rings is 2. The molecule has 1 N–H and O–H groups in total. The molecule has 3 heterocycles. The van der Waals surface area contributed by atoms with Crippen LogP contribution in [0.4, 0.5) is 0 Å². The Morgan fingerprint density at radius 2 is 1.76 bits per heavy atom. The SMILES string of the molecule is CC(=O)n1c(O)c(/C=c2/cc/c(=C\C3=c4cc(C(=O)[O-])ccc4=NC3=O)o2)c2ccccc21.[Na+]. The van der Waals surface area contributed by atoms with Crippen LogP contribution in [-0.4, -0.2) is 27.5 Å². The van der Waals surface area contributed by atoms with Crippen molar-refractivity contribution < 1.29 is 58.6 Å². The van der Waals surface area contributed by atoms with E-state index in [2.05, 4.69) is 4.99 Å². The van der Waals surface area contributed by atoms with Gasteiger partial charge in [0.15, 0.2) is 0 Å². The first-order valence-corrected chi connectivity index (χ1v) is 9.95. The predicted molar refractivity (Wildman–Crippen MR) is 116 cm³/mol. The summed E-state index contributed by atoms with van der Waals surface area (Å²) in [5.74, 6) is -2.39. The summed E-state index contributed by atoms with van der Waals surface area (Å²) < 4.78 is 7.02. The van der Waals surface area contributed by atoms with E-state index in [4.69, 9.17) is 4.42 Å². The van der Waals surface area contributed by atoms with Gasteiger partial charge in [-0.3, -0.25) is 14.2 Å². The second-order valence-electron chi connectivity index (χ2n) is 7.49. The van der Waals surface area contributed by atoms with Crippen LogP contribution in [0.15, 0.2) is 64.0 Å². The zero-order valence-corrected chi connectivity index (χ0v) is 20.2. The van der Waals surface area contributed by atoms with Crippen molar-refractivity contribution in [1.29, 1.82) is 0 Å². The molecule has 2 aromatic heterocycles. The zero-order chi connectivity index (χ0) is 23.3. The second kappa shape index (κ2) is 8.90. The Morgan fingerprint density at radius 1 is 1.06 bits per heavy atom. The Hall–Kier alpha value is -3.72. The van der Waals surface area contributed by atoms with E-state index >= 15 is 0 Å². The molecule has 8 nitrogen and oxygen atoms in total. The van der Waals surface area contributed by atoms with Crippen LogP contribution < -0.4 is 56.1 Å². The summed E-state index contributed by atoms with van der Waals surface area (Å²) in [6.45, 7) is 1.36. The first kappa shape index (κ1) is 23.4. The van der Waals surface area contributed by atoms with Gasteiger partial charge in [-0.05, 0) is 48.0 Å². The number of furan rings is 1. The van der Waals surface area contributed by atoms with E-state index < -0.39 is 11.9 Å². The van der Waals surface area contributed by atoms with Crippen LogP contribution in [0.25, 0.3) is 28.6 Å². The van der Waals surface area contributed by atoms with Crippen LogP contribution in [0.1, 0.15) is 27.6 Å². The van der Waals surface area contributed by atoms with Crippen LogP contribution in [0.2, 0.25) is 0 Å². The molecular formula is C25H15N2NaO6. The van der Waals surface area contributed by atoms with Crippen LogP contribution in [0.3, 0.4) is 0 Å². The largest absolute Gasteiger partial charge is 1.00 e. The van der Waals surface area contributed by atoms with Crippen LogP contribution in [0.5, 0.6) is 5.88 Å². The maximum absolute atomic E-state index is 12.4. The molecule has 1 aliphatic rings. The molecule has 0 spiro atoms. The molecule has 1 aliphatic heterocycles. The van der Waals surface area contributed by atoms with Crippen molar-refractivity contribution in [2.45, 2.75) is 6.92 Å². The van der Waals surface area contributed by atoms with Crippen LogP contribution >= 0.6 is 0 Å². The maximum Gasteiger partial charge on any atom is 1.00 e. The summed E-state index contributed by atoms with van der Waals surface area (Å²) in [5.41, 5.74) is 1.85. The van der Waals surface area contributed by atoms with Gasteiger partial charge in [0.05, 0.1) is 22.4 Å². The third kappa shape index (κ3) is 3.92. The average molecular weight is 462 g/mol. The van der Waals surface area contributed by atoms with Crippen molar-refractivity contribution >= 4 is 46.4 Å². The van der Waals surface area contributed by atoms with Crippen molar-refractivity contribution in [3.63, 3.8) is 0 Å². The van der Waals surface area contributed by atoms with E-state index in [9.17, 15) is 24.6 Å². The van der Waals surface area contributed by atoms with Gasteiger partial charge in [0, 0.05) is 23.1 Å². The summed E-state index contributed by atoms with van der Waals surface area (Å²) in [4.78, 5) is 39.5. The first-order chi connectivity index (χ1) is 15.8. The van der Waals surface area contributed by atoms with E-state index in [1.54, 1.807) is 42.5 Å². The molecule has 0 atom stereocenters. The van der Waals surface area contributed by atoms with Gasteiger partial charge in [0.25, 0.3) is 5.91 Å². The molecule has 0 unspecified atom stereocenters. The Morgan fingerprint density at radius 3 is 2.47 bits per heavy atom. The standard InChI is InChI=1S/C25H16N2O6.Na/c1-13(28)27-22-5-3-2-4-17(22)20(24(27)30)12-16-8-7-15(33-16)11-19-18-10-14(25(31)32)6-9-21(18)26-23(19)29;/h2-12,30H,1H3,(H,31,32);/q;+1/p-1/b15-11+,16-12-;. The molecule has 0 aliphatic carbocycles. The fourth-order valence-electron chi connectivity index (χ4n) is 3.92. The first-order valence-electron chi connectivity index (χ1n) is 9.95. The van der Waals surface area contributed by atoms with Gasteiger partial charge in [0.1, 0.15) is 10.8 Å². The number of carbonyl (C=O) groups excluding carboxylic acids is 3. The number of aromatic nitrogens is 1. The minimum atomic E-state index is -1.35. The Labute approximate surface area is 213 Å². The average Bonchev–Trinajstić information content (AvgIpc) is 3.43. The number of rotatable bonds is 3. The van der Waals surface area contributed by atoms with Gasteiger partial charge in [-0.2, -0.15) is 0 Å². The molecule has 5 rings (SSSR count). The van der Waals surface area contributed by atoms with Crippen molar-refractivity contribution in [2.75, 3.05) is 0 Å². The summed E-state index contributed by atoms with van der Waals surface area (Å²) in [6, 6.07) is 14.5. The second-order valence-corrected chi connectivity index (χ2v) is 7.49. The van der Waals surface area contributed by atoms with Gasteiger partial charge in [-0.1, -0.05) is 24.3 Å². The zero-order valence-electron chi connectivity index (χ0n) is 18.2. The third-order valence-corrected chi connectivity index (χ3v) is 5.40. The van der Waals surface area contributed by atoms with Gasteiger partial charge in [0.2, 0.25) is 11.8 Å². The number of carbonyl (C=O) groups is 3. The molecule has 2 aromatic carbocycles. The number of hydrogen-bond acceptors (Lipinski definition) is 6. The molecule has 0 saturated carbocycles. The number of fused-ring (bicyclic) bond motifs is 2. The topological polar surface area (TPSA) is 125 Å². The van der Waals surface area contributed by atoms with Gasteiger partial charge >= 0.3 is 29.6 Å². The van der Waals surface area contributed by atoms with E-state index in [1.807, 2.05) is 0 Å². The molecule has 4 aromatic rings. The normalized spacial score (nSPS) is 13.7. The van der Waals surface area contributed by atoms with E-state index in [0.29, 0.717) is 37.9 Å². The van der Waals surface area contributed by atoms with Crippen LogP contribution in [0, 0.1) is 0 Å². The number of nitrogens with zero attached hydrogens (tertiary/aromatic N) is 2. The number of amides is 1. The van der Waals surface area contributed by atoms with Crippen molar-refractivity contribution in [2.24, 2.45) is 4.99 Å². The van der Waals surface area contributed by atoms with Gasteiger partial charge in [-0.25, -0.2) is 4.99 Å². The summed E-state index contributed by atoms with van der Waals surface area (Å²) in [7, 11) is 0. The monoisotopic (exact) mass is 462 g/mol. The summed E-state index contributed by atoms with van der Waals surface area (Å²) >= 11 is 0. The Bertz CT molecular complexity index is 1760. The number of aromatic hydroxyl groups is 1. The molecule has 1 amide bonds. The van der Waals surface area contributed by atoms with Crippen molar-refractivity contribution in [3.05, 3.63) is 87.1 Å². The Kier molecular flexibility index (Phi) is 6.14. The summed E-state index contributed by atoms with van der Waals surface area (Å²) in [5, 5.41) is 23.2. The molecule has 34 heavy (non-hydrogen) atoms. The molecular weight excluding hydrogens is 447 g/mol. The van der Waals surface area contributed by atoms with Crippen molar-refractivity contribution in [3.8, 4) is 5.88 Å². The van der Waals surface area contributed by atoms with Gasteiger partial charge in [-0.15, -0.1) is 0 Å². The minimum Gasteiger partial charge on any atom is -0.545 e. The van der Waals surface area contributed by atoms with E-state index in [-0.39, 0.29) is 52.5 Å². The maximum atomic E-state index is 12.4. The van der Waals surface area contributed by atoms with Crippen molar-refractivity contribution in [1.82, 2.24) is 4.57 Å². The number of carboxylic acids is 1. The van der Waals surface area contributed by atoms with Crippen LogP contribution in [-0.2, 0) is 4.79 Å². The number of para-hydroxylation sites is 1. The summed E-state index contributed by atoms with van der Waals surface area (Å²) in [6.07, 6.45) is 3.08. The fraction of sp³-hybridized carbons (Fsp3) is 0.0400. The number of hydrogen-bond donors (Lipinski definition) is 1. The van der Waals surface area contributed by atoms with E-state index in [0.717, 1.165) is 0 Å². The molecule has 0 fully saturated rings. The minimum absolute atomic E-state index is 0. The number of aromatic carboxylic acids is 1. The smallest absolute Gasteiger partial charge is 0.545 e. The quantitative estimate of drug-likeness (QED) is 0.317. The molecule has 162 valence electrons. The third-order valence-electron chi connectivity index (χ3n) is 5.40. The molecule has 0 bridgehead atoms. The fourth-order valence-corrected chi connectivity index (χ4v) is 3.92. The molecule has 9 heteroatoms. The molecule has 0 radical (unpaired) electrons. The van der Waals surface area contributed by atoms with Gasteiger partial charge < -0.3 is 19.4 Å². The number of carboxylic acid groups (broad SMARTS) is 1.